The van der Waals surface area contributed by atoms with Gasteiger partial charge in [-0.15, -0.1) is 0 Å². The van der Waals surface area contributed by atoms with E-state index in [1.807, 2.05) is 39.0 Å². The molecule has 0 saturated carbocycles. The molecule has 0 saturated heterocycles. The molecule has 0 aliphatic heterocycles. The third-order valence-electron chi connectivity index (χ3n) is 2.28. The maximum absolute atomic E-state index is 5.81. The third kappa shape index (κ3) is 5.38. The van der Waals surface area contributed by atoms with Gasteiger partial charge in [0.05, 0.1) is 20.3 Å². The van der Waals surface area contributed by atoms with E-state index in [1.165, 1.54) is 0 Å². The molecule has 0 spiro atoms. The van der Waals surface area contributed by atoms with Crippen LogP contribution in [0.1, 0.15) is 19.4 Å². The molecule has 2 N–H and O–H groups in total. The van der Waals surface area contributed by atoms with Gasteiger partial charge in [0.15, 0.2) is 11.5 Å². The summed E-state index contributed by atoms with van der Waals surface area (Å²) in [5.41, 5.74) is 6.64. The van der Waals surface area contributed by atoms with Crippen molar-refractivity contribution in [2.24, 2.45) is 5.73 Å². The first-order chi connectivity index (χ1) is 8.42. The van der Waals surface area contributed by atoms with Crippen molar-refractivity contribution in [3.8, 4) is 11.5 Å². The first kappa shape index (κ1) is 14.8. The van der Waals surface area contributed by atoms with Crippen molar-refractivity contribution in [1.29, 1.82) is 0 Å². The van der Waals surface area contributed by atoms with Crippen LogP contribution in [0.25, 0.3) is 0 Å². The topological polar surface area (TPSA) is 53.7 Å². The fourth-order valence-electron chi connectivity index (χ4n) is 1.44. The van der Waals surface area contributed by atoms with Crippen LogP contribution in [0.15, 0.2) is 18.2 Å². The molecule has 102 valence electrons. The monoisotopic (exact) mass is 253 g/mol. The molecule has 0 unspecified atom stereocenters. The number of methoxy groups -OCH3 is 1. The van der Waals surface area contributed by atoms with Gasteiger partial charge in [0, 0.05) is 5.54 Å². The zero-order valence-electron chi connectivity index (χ0n) is 11.7. The molecule has 4 nitrogen and oxygen atoms in total. The predicted octanol–water partition coefficient (Wildman–Crippen LogP) is 2.14. The highest BCUT2D eigenvalue weighted by Gasteiger charge is 2.10. The van der Waals surface area contributed by atoms with Crippen LogP contribution < -0.4 is 15.2 Å². The quantitative estimate of drug-likeness (QED) is 0.756. The van der Waals surface area contributed by atoms with Gasteiger partial charge in [-0.2, -0.15) is 0 Å². The predicted molar refractivity (Wildman–Crippen MR) is 72.3 cm³/mol. The first-order valence-electron chi connectivity index (χ1n) is 6.06. The maximum atomic E-state index is 5.81. The lowest BCUT2D eigenvalue weighted by molar-refractivity contribution is 0.0717. The van der Waals surface area contributed by atoms with Crippen molar-refractivity contribution in [2.75, 3.05) is 26.9 Å². The lowest BCUT2D eigenvalue weighted by Crippen LogP contribution is -2.37. The van der Waals surface area contributed by atoms with Crippen LogP contribution in [0.5, 0.6) is 11.5 Å². The van der Waals surface area contributed by atoms with Crippen molar-refractivity contribution >= 4 is 0 Å². The van der Waals surface area contributed by atoms with Gasteiger partial charge in [-0.1, -0.05) is 6.07 Å². The van der Waals surface area contributed by atoms with Crippen LogP contribution in [-0.2, 0) is 4.74 Å². The lowest BCUT2D eigenvalue weighted by atomic mass is 10.1. The van der Waals surface area contributed by atoms with Crippen molar-refractivity contribution in [1.82, 2.24) is 0 Å². The second-order valence-corrected chi connectivity index (χ2v) is 5.04. The number of rotatable bonds is 7. The Labute approximate surface area is 109 Å². The summed E-state index contributed by atoms with van der Waals surface area (Å²) in [4.78, 5) is 0. The summed E-state index contributed by atoms with van der Waals surface area (Å²) in [6.45, 7) is 7.38. The Morgan fingerprint density at radius 2 is 1.89 bits per heavy atom. The second-order valence-electron chi connectivity index (χ2n) is 5.04. The standard InChI is InChI=1S/C14H23NO3/c1-11-5-6-12(13(9-11)16-4)18-8-7-17-10-14(2,3)15/h5-6,9H,7-8,10,15H2,1-4H3. The molecule has 0 aliphatic rings. The molecule has 1 rings (SSSR count). The Bertz CT molecular complexity index is 372. The number of hydrogen-bond donors (Lipinski definition) is 1. The summed E-state index contributed by atoms with van der Waals surface area (Å²) in [5.74, 6) is 1.48. The molecular weight excluding hydrogens is 230 g/mol. The smallest absolute Gasteiger partial charge is 0.161 e. The highest BCUT2D eigenvalue weighted by molar-refractivity contribution is 5.42. The molecule has 1 aromatic carbocycles. The van der Waals surface area contributed by atoms with Gasteiger partial charge in [-0.3, -0.25) is 0 Å². The molecule has 1 aromatic rings. The summed E-state index contributed by atoms with van der Waals surface area (Å²) in [6.07, 6.45) is 0. The average molecular weight is 253 g/mol. The minimum atomic E-state index is -0.304. The van der Waals surface area contributed by atoms with Gasteiger partial charge in [-0.05, 0) is 38.5 Å². The van der Waals surface area contributed by atoms with Gasteiger partial charge >= 0.3 is 0 Å². The van der Waals surface area contributed by atoms with Crippen LogP contribution in [0.4, 0.5) is 0 Å². The van der Waals surface area contributed by atoms with E-state index in [1.54, 1.807) is 7.11 Å². The number of aryl methyl sites for hydroxylation is 1. The number of ether oxygens (including phenoxy) is 3. The molecule has 0 bridgehead atoms. The van der Waals surface area contributed by atoms with E-state index in [-0.39, 0.29) is 5.54 Å². The van der Waals surface area contributed by atoms with E-state index in [9.17, 15) is 0 Å². The van der Waals surface area contributed by atoms with E-state index in [4.69, 9.17) is 19.9 Å². The Morgan fingerprint density at radius 3 is 2.50 bits per heavy atom. The zero-order valence-corrected chi connectivity index (χ0v) is 11.7. The number of benzene rings is 1. The molecule has 0 fully saturated rings. The Hall–Kier alpha value is -1.26. The normalized spacial score (nSPS) is 11.4. The van der Waals surface area contributed by atoms with Crippen LogP contribution in [0.2, 0.25) is 0 Å². The second kappa shape index (κ2) is 6.61. The molecule has 18 heavy (non-hydrogen) atoms. The van der Waals surface area contributed by atoms with Gasteiger partial charge in [-0.25, -0.2) is 0 Å². The minimum absolute atomic E-state index is 0.304. The van der Waals surface area contributed by atoms with Crippen molar-refractivity contribution < 1.29 is 14.2 Å². The SMILES string of the molecule is COc1cc(C)ccc1OCCOCC(C)(C)N. The van der Waals surface area contributed by atoms with Crippen molar-refractivity contribution in [3.05, 3.63) is 23.8 Å². The summed E-state index contributed by atoms with van der Waals surface area (Å²) in [7, 11) is 1.63. The Kier molecular flexibility index (Phi) is 5.44. The maximum Gasteiger partial charge on any atom is 0.161 e. The van der Waals surface area contributed by atoms with E-state index < -0.39 is 0 Å². The Balaban J connectivity index is 2.35. The molecular formula is C14H23NO3. The lowest BCUT2D eigenvalue weighted by Gasteiger charge is -2.18. The fourth-order valence-corrected chi connectivity index (χ4v) is 1.44. The highest BCUT2D eigenvalue weighted by atomic mass is 16.5. The van der Waals surface area contributed by atoms with Crippen molar-refractivity contribution in [3.63, 3.8) is 0 Å². The third-order valence-corrected chi connectivity index (χ3v) is 2.28. The fraction of sp³-hybridized carbons (Fsp3) is 0.571. The molecule has 4 heteroatoms. The molecule has 0 aromatic heterocycles. The summed E-state index contributed by atoms with van der Waals surface area (Å²) < 4.78 is 16.3. The molecule has 0 radical (unpaired) electrons. The first-order valence-corrected chi connectivity index (χ1v) is 6.06. The number of nitrogens with two attached hydrogens (primary N) is 1. The van der Waals surface area contributed by atoms with Gasteiger partial charge < -0.3 is 19.9 Å². The van der Waals surface area contributed by atoms with E-state index in [2.05, 4.69) is 0 Å². The zero-order chi connectivity index (χ0) is 13.6. The Morgan fingerprint density at radius 1 is 1.17 bits per heavy atom. The summed E-state index contributed by atoms with van der Waals surface area (Å²) >= 11 is 0. The van der Waals surface area contributed by atoms with E-state index >= 15 is 0 Å². The van der Waals surface area contributed by atoms with E-state index in [0.717, 1.165) is 17.1 Å². The highest BCUT2D eigenvalue weighted by Crippen LogP contribution is 2.27. The van der Waals surface area contributed by atoms with Crippen LogP contribution in [0.3, 0.4) is 0 Å². The van der Waals surface area contributed by atoms with Gasteiger partial charge in [0.25, 0.3) is 0 Å². The molecule has 0 atom stereocenters. The number of hydrogen-bond acceptors (Lipinski definition) is 4. The molecule has 0 amide bonds. The summed E-state index contributed by atoms with van der Waals surface area (Å²) in [5, 5.41) is 0. The van der Waals surface area contributed by atoms with Gasteiger partial charge in [0.1, 0.15) is 6.61 Å². The van der Waals surface area contributed by atoms with Gasteiger partial charge in [0.2, 0.25) is 0 Å². The van der Waals surface area contributed by atoms with E-state index in [0.29, 0.717) is 19.8 Å². The van der Waals surface area contributed by atoms with Crippen LogP contribution in [0, 0.1) is 6.92 Å². The minimum Gasteiger partial charge on any atom is -0.493 e. The van der Waals surface area contributed by atoms with Crippen LogP contribution in [-0.4, -0.2) is 32.5 Å². The molecule has 0 heterocycles. The van der Waals surface area contributed by atoms with Crippen LogP contribution >= 0.6 is 0 Å². The largest absolute Gasteiger partial charge is 0.493 e. The average Bonchev–Trinajstić information content (AvgIpc) is 2.28. The van der Waals surface area contributed by atoms with Crippen molar-refractivity contribution in [2.45, 2.75) is 26.3 Å². The summed E-state index contributed by atoms with van der Waals surface area (Å²) in [6, 6.07) is 5.84. The molecule has 0 aliphatic carbocycles.